The van der Waals surface area contributed by atoms with Gasteiger partial charge in [0.25, 0.3) is 5.56 Å². The van der Waals surface area contributed by atoms with Crippen molar-refractivity contribution in [2.24, 2.45) is 0 Å². The van der Waals surface area contributed by atoms with Crippen LogP contribution in [0, 0.1) is 6.92 Å². The molecule has 0 unspecified atom stereocenters. The predicted octanol–water partition coefficient (Wildman–Crippen LogP) is 2.31. The van der Waals surface area contributed by atoms with Gasteiger partial charge in [-0.25, -0.2) is 9.48 Å². The third-order valence-electron chi connectivity index (χ3n) is 3.36. The molecule has 0 aliphatic carbocycles. The molecule has 110 valence electrons. The molecule has 3 aromatic rings. The number of rotatable bonds is 3. The van der Waals surface area contributed by atoms with Crippen LogP contribution in [0.5, 0.6) is 5.75 Å². The minimum absolute atomic E-state index is 0.224. The molecule has 0 amide bonds. The first-order valence-electron chi connectivity index (χ1n) is 6.86. The molecule has 0 saturated carbocycles. The van der Waals surface area contributed by atoms with Crippen molar-refractivity contribution in [1.82, 2.24) is 9.78 Å². The molecule has 0 N–H and O–H groups in total. The van der Waals surface area contributed by atoms with E-state index in [9.17, 15) is 9.59 Å². The van der Waals surface area contributed by atoms with E-state index >= 15 is 0 Å². The Bertz CT molecular complexity index is 900. The maximum Gasteiger partial charge on any atom is 0.333 e. The van der Waals surface area contributed by atoms with Gasteiger partial charge in [0.2, 0.25) is 0 Å². The lowest BCUT2D eigenvalue weighted by atomic mass is 10.2. The normalized spacial score (nSPS) is 10.6. The average molecular weight is 294 g/mol. The molecule has 0 aliphatic heterocycles. The summed E-state index contributed by atoms with van der Waals surface area (Å²) in [6.07, 6.45) is 1.57. The molecule has 5 nitrogen and oxygen atoms in total. The summed E-state index contributed by atoms with van der Waals surface area (Å²) in [5.41, 5.74) is 0.550. The lowest BCUT2D eigenvalue weighted by Crippen LogP contribution is -2.28. The fraction of sp³-hybridized carbons (Fsp3) is 0.118. The number of aromatic nitrogens is 2. The van der Waals surface area contributed by atoms with Crippen molar-refractivity contribution in [2.75, 3.05) is 0 Å². The zero-order valence-corrected chi connectivity index (χ0v) is 12.0. The average Bonchev–Trinajstić information content (AvgIpc) is 2.53. The minimum Gasteiger partial charge on any atom is -0.425 e. The first-order valence-corrected chi connectivity index (χ1v) is 6.86. The van der Waals surface area contributed by atoms with Crippen LogP contribution in [0.4, 0.5) is 0 Å². The summed E-state index contributed by atoms with van der Waals surface area (Å²) in [5, 5.41) is 5.29. The topological polar surface area (TPSA) is 61.2 Å². The summed E-state index contributed by atoms with van der Waals surface area (Å²) in [6.45, 7) is 1.63. The number of nitrogens with zero attached hydrogens (tertiary/aromatic N) is 2. The fourth-order valence-corrected chi connectivity index (χ4v) is 2.19. The Balaban J connectivity index is 1.84. The minimum atomic E-state index is -0.529. The van der Waals surface area contributed by atoms with Gasteiger partial charge in [-0.15, -0.1) is 0 Å². The van der Waals surface area contributed by atoms with E-state index in [2.05, 4.69) is 5.10 Å². The molecule has 1 heterocycles. The van der Waals surface area contributed by atoms with Crippen LogP contribution in [0.3, 0.4) is 0 Å². The lowest BCUT2D eigenvalue weighted by Gasteiger charge is -2.08. The highest BCUT2D eigenvalue weighted by Crippen LogP contribution is 2.16. The number of ether oxygens (including phenoxy) is 1. The van der Waals surface area contributed by atoms with Crippen LogP contribution in [0.2, 0.25) is 0 Å². The summed E-state index contributed by atoms with van der Waals surface area (Å²) in [6, 6.07) is 14.3. The van der Waals surface area contributed by atoms with Gasteiger partial charge in [0.05, 0.1) is 11.6 Å². The summed E-state index contributed by atoms with van der Waals surface area (Å²) >= 11 is 0. The highest BCUT2D eigenvalue weighted by atomic mass is 16.5. The summed E-state index contributed by atoms with van der Waals surface area (Å²) < 4.78 is 6.39. The third kappa shape index (κ3) is 2.74. The van der Waals surface area contributed by atoms with Crippen LogP contribution in [0.25, 0.3) is 10.8 Å². The first kappa shape index (κ1) is 14.0. The highest BCUT2D eigenvalue weighted by molar-refractivity contribution is 5.80. The number of hydrogen-bond donors (Lipinski definition) is 0. The Hall–Kier alpha value is -2.95. The number of carbonyl (C=O) groups excluding carboxylic acids is 1. The maximum atomic E-state index is 12.3. The van der Waals surface area contributed by atoms with Crippen molar-refractivity contribution >= 4 is 16.7 Å². The standard InChI is InChI=1S/C17H14N2O3/c1-12-6-2-5-9-15(12)22-16(20)11-19-17(21)14-8-4-3-7-13(14)10-18-19/h2-10H,11H2,1H3. The van der Waals surface area contributed by atoms with Gasteiger partial charge in [-0.3, -0.25) is 4.79 Å². The van der Waals surface area contributed by atoms with E-state index in [-0.39, 0.29) is 12.1 Å². The van der Waals surface area contributed by atoms with Gasteiger partial charge in [-0.2, -0.15) is 5.10 Å². The molecule has 3 rings (SSSR count). The second-order valence-corrected chi connectivity index (χ2v) is 4.93. The molecule has 22 heavy (non-hydrogen) atoms. The molecule has 0 fully saturated rings. The van der Waals surface area contributed by atoms with Gasteiger partial charge < -0.3 is 4.74 Å². The van der Waals surface area contributed by atoms with Crippen molar-refractivity contribution in [1.29, 1.82) is 0 Å². The van der Waals surface area contributed by atoms with E-state index in [1.165, 1.54) is 0 Å². The second kappa shape index (κ2) is 5.81. The van der Waals surface area contributed by atoms with E-state index in [1.54, 1.807) is 36.5 Å². The number of esters is 1. The number of hydrogen-bond acceptors (Lipinski definition) is 4. The van der Waals surface area contributed by atoms with Gasteiger partial charge >= 0.3 is 5.97 Å². The van der Waals surface area contributed by atoms with Crippen molar-refractivity contribution in [2.45, 2.75) is 13.5 Å². The second-order valence-electron chi connectivity index (χ2n) is 4.93. The number of para-hydroxylation sites is 1. The molecule has 0 bridgehead atoms. The Labute approximate surface area is 126 Å². The van der Waals surface area contributed by atoms with E-state index in [0.717, 1.165) is 15.6 Å². The van der Waals surface area contributed by atoms with E-state index in [0.29, 0.717) is 11.1 Å². The molecule has 0 saturated heterocycles. The molecule has 0 radical (unpaired) electrons. The molecule has 5 heteroatoms. The monoisotopic (exact) mass is 294 g/mol. The fourth-order valence-electron chi connectivity index (χ4n) is 2.19. The highest BCUT2D eigenvalue weighted by Gasteiger charge is 2.11. The van der Waals surface area contributed by atoms with E-state index in [1.807, 2.05) is 25.1 Å². The molecule has 0 atom stereocenters. The quantitative estimate of drug-likeness (QED) is 0.549. The van der Waals surface area contributed by atoms with Crippen molar-refractivity contribution in [3.63, 3.8) is 0 Å². The first-order chi connectivity index (χ1) is 10.6. The van der Waals surface area contributed by atoms with Crippen LogP contribution in [-0.4, -0.2) is 15.7 Å². The summed E-state index contributed by atoms with van der Waals surface area (Å²) in [5.74, 6) is -0.0412. The molecule has 2 aromatic carbocycles. The Kier molecular flexibility index (Phi) is 3.70. The Morgan fingerprint density at radius 3 is 2.68 bits per heavy atom. The van der Waals surface area contributed by atoms with Gasteiger partial charge in [0, 0.05) is 5.39 Å². The van der Waals surface area contributed by atoms with Gasteiger partial charge in [-0.1, -0.05) is 36.4 Å². The van der Waals surface area contributed by atoms with Crippen molar-refractivity contribution in [3.8, 4) is 5.75 Å². The van der Waals surface area contributed by atoms with Crippen molar-refractivity contribution in [3.05, 3.63) is 70.6 Å². The lowest BCUT2D eigenvalue weighted by molar-refractivity contribution is -0.135. The Morgan fingerprint density at radius 1 is 1.14 bits per heavy atom. The predicted molar refractivity (Wildman–Crippen MR) is 82.8 cm³/mol. The van der Waals surface area contributed by atoms with E-state index in [4.69, 9.17) is 4.74 Å². The number of aryl methyl sites for hydroxylation is 1. The van der Waals surface area contributed by atoms with Gasteiger partial charge in [-0.05, 0) is 24.6 Å². The van der Waals surface area contributed by atoms with E-state index < -0.39 is 5.97 Å². The zero-order valence-electron chi connectivity index (χ0n) is 12.0. The number of carbonyl (C=O) groups is 1. The van der Waals surface area contributed by atoms with Crippen LogP contribution >= 0.6 is 0 Å². The Morgan fingerprint density at radius 2 is 1.86 bits per heavy atom. The van der Waals surface area contributed by atoms with Crippen LogP contribution in [0.1, 0.15) is 5.56 Å². The number of benzene rings is 2. The largest absolute Gasteiger partial charge is 0.425 e. The third-order valence-corrected chi connectivity index (χ3v) is 3.36. The van der Waals surface area contributed by atoms with Crippen molar-refractivity contribution < 1.29 is 9.53 Å². The molecular formula is C17H14N2O3. The van der Waals surface area contributed by atoms with Gasteiger partial charge in [0.1, 0.15) is 12.3 Å². The van der Waals surface area contributed by atoms with Crippen LogP contribution < -0.4 is 10.3 Å². The SMILES string of the molecule is Cc1ccccc1OC(=O)Cn1ncc2ccccc2c1=O. The van der Waals surface area contributed by atoms with Crippen LogP contribution in [-0.2, 0) is 11.3 Å². The summed E-state index contributed by atoms with van der Waals surface area (Å²) in [7, 11) is 0. The maximum absolute atomic E-state index is 12.3. The zero-order chi connectivity index (χ0) is 15.5. The number of fused-ring (bicyclic) bond motifs is 1. The smallest absolute Gasteiger partial charge is 0.333 e. The molecule has 0 aliphatic rings. The molecule has 1 aromatic heterocycles. The summed E-state index contributed by atoms with van der Waals surface area (Å²) in [4.78, 5) is 24.3. The molecular weight excluding hydrogens is 280 g/mol. The molecule has 0 spiro atoms. The van der Waals surface area contributed by atoms with Crippen LogP contribution in [0.15, 0.2) is 59.5 Å². The van der Waals surface area contributed by atoms with Gasteiger partial charge in [0.15, 0.2) is 0 Å².